The summed E-state index contributed by atoms with van der Waals surface area (Å²) < 4.78 is 56.6. The molecular weight excluding hydrogens is 924 g/mol. The Morgan fingerprint density at radius 1 is 0.779 bits per heavy atom. The topological polar surface area (TPSA) is 283 Å². The number of ketones is 1. The van der Waals surface area contributed by atoms with E-state index in [-0.39, 0.29) is 24.4 Å². The number of nitrogens with zero attached hydrogens (tertiary/aromatic N) is 2. The van der Waals surface area contributed by atoms with Gasteiger partial charge in [-0.15, -0.1) is 0 Å². The number of ether oxygens (including phenoxy) is 3. The fraction of sp³-hybridized carbons (Fsp3) is 0.766. The second kappa shape index (κ2) is 35.1. The highest BCUT2D eigenvalue weighted by atomic mass is 31.3. The van der Waals surface area contributed by atoms with Crippen LogP contribution in [0.25, 0.3) is 0 Å². The molecule has 6 N–H and O–H groups in total. The van der Waals surface area contributed by atoms with E-state index in [9.17, 15) is 48.3 Å². The number of hydrogen-bond donors (Lipinski definition) is 5. The van der Waals surface area contributed by atoms with E-state index in [4.69, 9.17) is 29.0 Å². The van der Waals surface area contributed by atoms with E-state index in [0.29, 0.717) is 25.7 Å². The zero-order chi connectivity index (χ0) is 50.2. The van der Waals surface area contributed by atoms with Crippen LogP contribution in [0.1, 0.15) is 181 Å². The molecule has 0 saturated carbocycles. The minimum Gasteiger partial charge on any atom is -0.462 e. The molecule has 7 atom stereocenters. The molecule has 0 bridgehead atoms. The van der Waals surface area contributed by atoms with Crippen LogP contribution in [0.4, 0.5) is 5.82 Å². The molecule has 21 heteroatoms. The Labute approximate surface area is 402 Å². The predicted molar refractivity (Wildman–Crippen MR) is 257 cm³/mol. The van der Waals surface area contributed by atoms with E-state index in [1.165, 1.54) is 63.9 Å². The third-order valence-corrected chi connectivity index (χ3v) is 13.8. The summed E-state index contributed by atoms with van der Waals surface area (Å²) in [6, 6.07) is 1.24. The number of aromatic nitrogens is 2. The van der Waals surface area contributed by atoms with Crippen molar-refractivity contribution in [3.8, 4) is 0 Å². The Kier molecular flexibility index (Phi) is 31.5. The van der Waals surface area contributed by atoms with Gasteiger partial charge in [0.1, 0.15) is 30.7 Å². The molecule has 1 aliphatic rings. The van der Waals surface area contributed by atoms with E-state index in [2.05, 4.69) is 36.1 Å². The van der Waals surface area contributed by atoms with E-state index >= 15 is 0 Å². The van der Waals surface area contributed by atoms with Crippen molar-refractivity contribution in [2.75, 3.05) is 25.6 Å². The Bertz CT molecular complexity index is 1810. The summed E-state index contributed by atoms with van der Waals surface area (Å²) in [5, 5.41) is 20.9. The maximum atomic E-state index is 12.8. The highest BCUT2D eigenvalue weighted by Gasteiger charge is 2.46. The normalized spacial score (nSPS) is 19.6. The molecule has 0 aromatic carbocycles. The average molecular weight is 1010 g/mol. The summed E-state index contributed by atoms with van der Waals surface area (Å²) in [7, 11) is -10.9. The molecule has 1 aliphatic heterocycles. The number of nitrogen functional groups attached to an aromatic ring is 1. The first-order valence-electron chi connectivity index (χ1n) is 24.7. The van der Waals surface area contributed by atoms with Gasteiger partial charge in [0.05, 0.1) is 13.2 Å². The Morgan fingerprint density at radius 3 is 1.96 bits per heavy atom. The summed E-state index contributed by atoms with van der Waals surface area (Å²) in [5.41, 5.74) is 4.57. The van der Waals surface area contributed by atoms with Crippen molar-refractivity contribution in [1.82, 2.24) is 9.55 Å². The first-order valence-corrected chi connectivity index (χ1v) is 27.7. The second-order valence-electron chi connectivity index (χ2n) is 17.8. The number of aliphatic hydroxyl groups excluding tert-OH is 2. The molecule has 0 radical (unpaired) electrons. The quantitative estimate of drug-likeness (QED) is 0.0135. The SMILES string of the molecule is CCCCC/C=C\C=C\C(=O)CCCCCCCC(=O)OC[C@H](COP(=O)(O)OP(=O)(O)OC[C@H]1O[C@@H](n2ccc(N)nc2=O)[C@H](O)[C@@H]1O)OC(=O)CCCCCCCCCCCCCC(C)C. The van der Waals surface area contributed by atoms with Gasteiger partial charge in [-0.1, -0.05) is 142 Å². The number of anilines is 1. The number of phosphoric ester groups is 2. The van der Waals surface area contributed by atoms with Crippen molar-refractivity contribution in [3.63, 3.8) is 0 Å². The average Bonchev–Trinajstić information content (AvgIpc) is 3.55. The highest BCUT2D eigenvalue weighted by molar-refractivity contribution is 7.61. The Balaban J connectivity index is 1.83. The minimum atomic E-state index is -5.44. The lowest BCUT2D eigenvalue weighted by Gasteiger charge is -2.21. The van der Waals surface area contributed by atoms with E-state index < -0.39 is 83.7 Å². The van der Waals surface area contributed by atoms with Crippen LogP contribution in [0.15, 0.2) is 41.4 Å². The number of carbonyl (C=O) groups is 3. The van der Waals surface area contributed by atoms with E-state index in [0.717, 1.165) is 74.5 Å². The van der Waals surface area contributed by atoms with Crippen molar-refractivity contribution >= 4 is 39.2 Å². The van der Waals surface area contributed by atoms with Crippen LogP contribution in [0.2, 0.25) is 0 Å². The molecule has 1 aromatic rings. The standard InChI is InChI=1S/C47H81N3O16P2/c1-4-5-6-7-13-18-23-28-38(51)29-24-19-16-21-25-30-42(52)61-34-39(64-43(53)31-26-20-15-12-10-8-9-11-14-17-22-27-37(2)3)35-62-67(57,58)66-68(59,60)63-36-40-44(54)45(55)46(65-40)50-33-32-41(48)49-47(50)56/h13,18,23,28,32-33,37,39-40,44-46,54-55H,4-12,14-17,19-22,24-27,29-31,34-36H2,1-3H3,(H,57,58)(H,59,60)(H2,48,49,56)/b18-13-,28-23+/t39-,40-,44-,45-,46-/m1/s1. The third-order valence-electron chi connectivity index (χ3n) is 11.2. The highest BCUT2D eigenvalue weighted by Crippen LogP contribution is 2.60. The van der Waals surface area contributed by atoms with Gasteiger partial charge < -0.3 is 39.9 Å². The first-order chi connectivity index (χ1) is 32.4. The molecule has 0 spiro atoms. The van der Waals surface area contributed by atoms with Crippen molar-refractivity contribution in [2.24, 2.45) is 5.92 Å². The fourth-order valence-corrected chi connectivity index (χ4v) is 9.41. The summed E-state index contributed by atoms with van der Waals surface area (Å²) in [5.74, 6) is -0.574. The molecule has 1 saturated heterocycles. The van der Waals surface area contributed by atoms with Gasteiger partial charge in [-0.3, -0.25) is 28.0 Å². The summed E-state index contributed by atoms with van der Waals surface area (Å²) >= 11 is 0. The number of rotatable bonds is 40. The lowest BCUT2D eigenvalue weighted by molar-refractivity contribution is -0.161. The van der Waals surface area contributed by atoms with Gasteiger partial charge in [0.2, 0.25) is 0 Å². The molecule has 2 heterocycles. The maximum Gasteiger partial charge on any atom is 0.481 e. The smallest absolute Gasteiger partial charge is 0.462 e. The van der Waals surface area contributed by atoms with Crippen molar-refractivity contribution in [1.29, 1.82) is 0 Å². The molecule has 1 aromatic heterocycles. The monoisotopic (exact) mass is 1010 g/mol. The van der Waals surface area contributed by atoms with Gasteiger partial charge in [0.25, 0.3) is 0 Å². The van der Waals surface area contributed by atoms with Crippen LogP contribution < -0.4 is 11.4 Å². The van der Waals surface area contributed by atoms with Gasteiger partial charge >= 0.3 is 33.3 Å². The summed E-state index contributed by atoms with van der Waals surface area (Å²) in [6.07, 6.45) is 22.4. The molecule has 2 rings (SSSR count). The molecule has 68 heavy (non-hydrogen) atoms. The molecule has 19 nitrogen and oxygen atoms in total. The predicted octanol–water partition coefficient (Wildman–Crippen LogP) is 8.87. The molecule has 390 valence electrons. The van der Waals surface area contributed by atoms with Crippen LogP contribution in [-0.2, 0) is 51.1 Å². The zero-order valence-electron chi connectivity index (χ0n) is 40.6. The Morgan fingerprint density at radius 2 is 1.35 bits per heavy atom. The summed E-state index contributed by atoms with van der Waals surface area (Å²) in [4.78, 5) is 73.9. The number of nitrogens with two attached hydrogens (primary N) is 1. The van der Waals surface area contributed by atoms with Crippen LogP contribution in [-0.4, -0.2) is 91.5 Å². The number of carbonyl (C=O) groups excluding carboxylic acids is 3. The van der Waals surface area contributed by atoms with E-state index in [1.807, 2.05) is 6.08 Å². The number of phosphoric acid groups is 2. The summed E-state index contributed by atoms with van der Waals surface area (Å²) in [6.45, 7) is 4.27. The second-order valence-corrected chi connectivity index (χ2v) is 20.9. The molecule has 0 aliphatic carbocycles. The van der Waals surface area contributed by atoms with Crippen LogP contribution >= 0.6 is 15.6 Å². The molecular formula is C47H81N3O16P2. The number of unbranched alkanes of at least 4 members (excludes halogenated alkanes) is 17. The number of allylic oxidation sites excluding steroid dienone is 4. The van der Waals surface area contributed by atoms with Gasteiger partial charge in [-0.05, 0) is 50.2 Å². The van der Waals surface area contributed by atoms with Gasteiger partial charge in [0, 0.05) is 25.5 Å². The van der Waals surface area contributed by atoms with Crippen LogP contribution in [0, 0.1) is 5.92 Å². The zero-order valence-corrected chi connectivity index (χ0v) is 42.4. The Hall–Kier alpha value is -3.09. The number of esters is 2. The van der Waals surface area contributed by atoms with Crippen LogP contribution in [0.3, 0.4) is 0 Å². The number of aliphatic hydroxyl groups is 2. The molecule has 2 unspecified atom stereocenters. The van der Waals surface area contributed by atoms with Crippen molar-refractivity contribution < 1.29 is 71.1 Å². The van der Waals surface area contributed by atoms with E-state index in [1.54, 1.807) is 12.2 Å². The van der Waals surface area contributed by atoms with Gasteiger partial charge in [-0.25, -0.2) is 13.9 Å². The van der Waals surface area contributed by atoms with Gasteiger partial charge in [-0.2, -0.15) is 9.29 Å². The lowest BCUT2D eigenvalue weighted by atomic mass is 10.0. The lowest BCUT2D eigenvalue weighted by Crippen LogP contribution is -2.36. The molecule has 1 fully saturated rings. The van der Waals surface area contributed by atoms with Gasteiger partial charge in [0.15, 0.2) is 18.1 Å². The van der Waals surface area contributed by atoms with Crippen molar-refractivity contribution in [3.05, 3.63) is 47.1 Å². The fourth-order valence-electron chi connectivity index (χ4n) is 7.30. The van der Waals surface area contributed by atoms with Crippen molar-refractivity contribution in [2.45, 2.75) is 206 Å². The first kappa shape index (κ1) is 61.0. The maximum absolute atomic E-state index is 12.8. The molecule has 0 amide bonds. The minimum absolute atomic E-state index is 0.0277. The largest absolute Gasteiger partial charge is 0.481 e. The number of hydrogen-bond acceptors (Lipinski definition) is 16. The van der Waals surface area contributed by atoms with Crippen LogP contribution in [0.5, 0.6) is 0 Å². The third kappa shape index (κ3) is 28.5.